The number of carbonyl (C=O) groups excluding carboxylic acids is 2. The second kappa shape index (κ2) is 8.84. The van der Waals surface area contributed by atoms with E-state index < -0.39 is 23.3 Å². The molecule has 0 radical (unpaired) electrons. The third-order valence-electron chi connectivity index (χ3n) is 4.80. The molecule has 0 atom stereocenters. The molecule has 1 heterocycles. The molecule has 1 aromatic heterocycles. The van der Waals surface area contributed by atoms with Gasteiger partial charge in [0.1, 0.15) is 17.0 Å². The number of ether oxygens (including phenoxy) is 3. The molecule has 32 heavy (non-hydrogen) atoms. The van der Waals surface area contributed by atoms with Gasteiger partial charge in [0.05, 0.1) is 12.8 Å². The Morgan fingerprint density at radius 3 is 2.41 bits per heavy atom. The third-order valence-corrected chi connectivity index (χ3v) is 4.80. The summed E-state index contributed by atoms with van der Waals surface area (Å²) in [6.45, 7) is 11.8. The standard InChI is InChI=1S/C24H33N3O5/c1-23(2,3)31-21(28)20-18-13-15-9-10-16(30-7)14-17(15)19(18)26-27(20)12-8-11-25-22(29)32-24(4,5)6/h9-10,14H,8,11-13H2,1-7H3,(H,25,29). The number of benzene rings is 1. The predicted octanol–water partition coefficient (Wildman–Crippen LogP) is 4.33. The molecule has 8 heteroatoms. The van der Waals surface area contributed by atoms with Crippen LogP contribution in [-0.2, 0) is 22.4 Å². The molecule has 1 aliphatic rings. The molecule has 3 rings (SSSR count). The number of aryl methyl sites for hydroxylation is 1. The van der Waals surface area contributed by atoms with E-state index in [1.54, 1.807) is 11.8 Å². The summed E-state index contributed by atoms with van der Waals surface area (Å²) in [6.07, 6.45) is 0.730. The van der Waals surface area contributed by atoms with Gasteiger partial charge in [-0.15, -0.1) is 0 Å². The fraction of sp³-hybridized carbons (Fsp3) is 0.542. The number of amides is 1. The molecule has 1 N–H and O–H groups in total. The molecular weight excluding hydrogens is 410 g/mol. The maximum atomic E-state index is 13.1. The van der Waals surface area contributed by atoms with Crippen molar-refractivity contribution in [1.82, 2.24) is 15.1 Å². The summed E-state index contributed by atoms with van der Waals surface area (Å²) in [5.41, 5.74) is 3.00. The van der Waals surface area contributed by atoms with Gasteiger partial charge in [0.2, 0.25) is 0 Å². The Morgan fingerprint density at radius 1 is 1.09 bits per heavy atom. The van der Waals surface area contributed by atoms with Crippen LogP contribution in [0.5, 0.6) is 5.75 Å². The Morgan fingerprint density at radius 2 is 1.78 bits per heavy atom. The van der Waals surface area contributed by atoms with Crippen molar-refractivity contribution in [2.24, 2.45) is 0 Å². The summed E-state index contributed by atoms with van der Waals surface area (Å²) in [5.74, 6) is 0.345. The molecule has 2 aromatic rings. The summed E-state index contributed by atoms with van der Waals surface area (Å²) < 4.78 is 18.0. The number of aromatic nitrogens is 2. The van der Waals surface area contributed by atoms with E-state index >= 15 is 0 Å². The van der Waals surface area contributed by atoms with Crippen molar-refractivity contribution < 1.29 is 23.8 Å². The van der Waals surface area contributed by atoms with Gasteiger partial charge in [-0.3, -0.25) is 4.68 Å². The van der Waals surface area contributed by atoms with E-state index in [0.717, 1.165) is 28.1 Å². The average Bonchev–Trinajstić information content (AvgIpc) is 3.17. The van der Waals surface area contributed by atoms with Crippen LogP contribution >= 0.6 is 0 Å². The first kappa shape index (κ1) is 23.6. The zero-order valence-electron chi connectivity index (χ0n) is 20.0. The van der Waals surface area contributed by atoms with E-state index in [9.17, 15) is 9.59 Å². The largest absolute Gasteiger partial charge is 0.497 e. The molecule has 174 valence electrons. The number of hydrogen-bond acceptors (Lipinski definition) is 6. The minimum absolute atomic E-state index is 0.397. The minimum Gasteiger partial charge on any atom is -0.497 e. The number of carbonyl (C=O) groups is 2. The fourth-order valence-electron chi connectivity index (χ4n) is 3.58. The van der Waals surface area contributed by atoms with Gasteiger partial charge in [0.15, 0.2) is 5.69 Å². The predicted molar refractivity (Wildman–Crippen MR) is 121 cm³/mol. The Bertz CT molecular complexity index is 1010. The maximum absolute atomic E-state index is 13.1. The average molecular weight is 444 g/mol. The zero-order valence-corrected chi connectivity index (χ0v) is 20.0. The molecule has 0 fully saturated rings. The summed E-state index contributed by atoms with van der Waals surface area (Å²) in [6, 6.07) is 5.86. The fourth-order valence-corrected chi connectivity index (χ4v) is 3.58. The second-order valence-electron chi connectivity index (χ2n) is 9.88. The van der Waals surface area contributed by atoms with E-state index in [1.165, 1.54) is 0 Å². The van der Waals surface area contributed by atoms with Gasteiger partial charge in [0, 0.05) is 30.6 Å². The zero-order chi connectivity index (χ0) is 23.7. The van der Waals surface area contributed by atoms with Crippen LogP contribution in [-0.4, -0.2) is 46.7 Å². The Hall–Kier alpha value is -3.03. The second-order valence-corrected chi connectivity index (χ2v) is 9.88. The van der Waals surface area contributed by atoms with Crippen molar-refractivity contribution in [3.05, 3.63) is 35.0 Å². The molecule has 0 unspecified atom stereocenters. The molecule has 8 nitrogen and oxygen atoms in total. The molecule has 0 bridgehead atoms. The number of nitrogens with zero attached hydrogens (tertiary/aromatic N) is 2. The van der Waals surface area contributed by atoms with E-state index in [0.29, 0.717) is 31.6 Å². The van der Waals surface area contributed by atoms with Crippen LogP contribution in [0.3, 0.4) is 0 Å². The number of hydrogen-bond donors (Lipinski definition) is 1. The van der Waals surface area contributed by atoms with Crippen LogP contribution in [0.4, 0.5) is 4.79 Å². The summed E-state index contributed by atoms with van der Waals surface area (Å²) in [7, 11) is 1.62. The molecule has 0 saturated carbocycles. The monoisotopic (exact) mass is 443 g/mol. The summed E-state index contributed by atoms with van der Waals surface area (Å²) >= 11 is 0. The highest BCUT2D eigenvalue weighted by atomic mass is 16.6. The number of esters is 1. The van der Waals surface area contributed by atoms with Crippen molar-refractivity contribution in [2.75, 3.05) is 13.7 Å². The molecule has 1 aliphatic carbocycles. The van der Waals surface area contributed by atoms with Gasteiger partial charge in [0.25, 0.3) is 0 Å². The lowest BCUT2D eigenvalue weighted by molar-refractivity contribution is 0.00541. The van der Waals surface area contributed by atoms with E-state index in [-0.39, 0.29) is 0 Å². The van der Waals surface area contributed by atoms with E-state index in [1.807, 2.05) is 59.7 Å². The van der Waals surface area contributed by atoms with Gasteiger partial charge in [-0.05, 0) is 65.7 Å². The lowest BCUT2D eigenvalue weighted by Gasteiger charge is -2.21. The topological polar surface area (TPSA) is 91.7 Å². The van der Waals surface area contributed by atoms with Crippen molar-refractivity contribution in [3.8, 4) is 17.0 Å². The van der Waals surface area contributed by atoms with Gasteiger partial charge in [-0.25, -0.2) is 9.59 Å². The number of nitrogens with one attached hydrogen (secondary N) is 1. The first-order valence-corrected chi connectivity index (χ1v) is 10.8. The molecule has 0 saturated heterocycles. The van der Waals surface area contributed by atoms with Crippen molar-refractivity contribution in [1.29, 1.82) is 0 Å². The summed E-state index contributed by atoms with van der Waals surface area (Å²) in [4.78, 5) is 24.9. The van der Waals surface area contributed by atoms with E-state index in [4.69, 9.17) is 19.3 Å². The highest BCUT2D eigenvalue weighted by Crippen LogP contribution is 2.40. The number of rotatable bonds is 6. The number of fused-ring (bicyclic) bond motifs is 3. The quantitative estimate of drug-likeness (QED) is 0.450. The van der Waals surface area contributed by atoms with Crippen LogP contribution in [0.1, 0.15) is 69.6 Å². The SMILES string of the molecule is COc1ccc2c(c1)-c1nn(CCCNC(=O)OC(C)(C)C)c(C(=O)OC(C)(C)C)c1C2. The first-order valence-electron chi connectivity index (χ1n) is 10.8. The van der Waals surface area contributed by atoms with E-state index in [2.05, 4.69) is 5.32 Å². The van der Waals surface area contributed by atoms with Crippen LogP contribution < -0.4 is 10.1 Å². The van der Waals surface area contributed by atoms with Gasteiger partial charge in [-0.1, -0.05) is 6.07 Å². The molecule has 0 spiro atoms. The molecule has 0 aliphatic heterocycles. The minimum atomic E-state index is -0.619. The van der Waals surface area contributed by atoms with Gasteiger partial charge >= 0.3 is 12.1 Å². The lowest BCUT2D eigenvalue weighted by atomic mass is 10.1. The van der Waals surface area contributed by atoms with Crippen LogP contribution in [0, 0.1) is 0 Å². The molecule has 1 amide bonds. The molecule has 1 aromatic carbocycles. The summed E-state index contributed by atoms with van der Waals surface area (Å²) in [5, 5.41) is 7.49. The third kappa shape index (κ3) is 5.60. The van der Waals surface area contributed by atoms with Crippen molar-refractivity contribution in [2.45, 2.75) is 72.1 Å². The van der Waals surface area contributed by atoms with Crippen molar-refractivity contribution >= 4 is 12.1 Å². The molecular formula is C24H33N3O5. The highest BCUT2D eigenvalue weighted by Gasteiger charge is 2.33. The number of alkyl carbamates (subject to hydrolysis) is 1. The van der Waals surface area contributed by atoms with Gasteiger partial charge in [-0.2, -0.15) is 5.10 Å². The lowest BCUT2D eigenvalue weighted by Crippen LogP contribution is -2.33. The normalized spacial score (nSPS) is 12.7. The number of methoxy groups -OCH3 is 1. The smallest absolute Gasteiger partial charge is 0.407 e. The van der Waals surface area contributed by atoms with Crippen LogP contribution in [0.25, 0.3) is 11.3 Å². The van der Waals surface area contributed by atoms with Crippen LogP contribution in [0.2, 0.25) is 0 Å². The first-order chi connectivity index (χ1) is 14.9. The maximum Gasteiger partial charge on any atom is 0.407 e. The Labute approximate surface area is 189 Å². The van der Waals surface area contributed by atoms with Crippen molar-refractivity contribution in [3.63, 3.8) is 0 Å². The Balaban J connectivity index is 1.81. The Kier molecular flexibility index (Phi) is 6.53. The van der Waals surface area contributed by atoms with Crippen LogP contribution in [0.15, 0.2) is 18.2 Å². The highest BCUT2D eigenvalue weighted by molar-refractivity contribution is 5.93. The van der Waals surface area contributed by atoms with Gasteiger partial charge < -0.3 is 19.5 Å².